The summed E-state index contributed by atoms with van der Waals surface area (Å²) in [5, 5.41) is 7.22. The van der Waals surface area contributed by atoms with Crippen LogP contribution in [0.3, 0.4) is 0 Å². The summed E-state index contributed by atoms with van der Waals surface area (Å²) < 4.78 is 27.0. The second-order valence-corrected chi connectivity index (χ2v) is 8.59. The lowest BCUT2D eigenvalue weighted by Gasteiger charge is -2.29. The van der Waals surface area contributed by atoms with E-state index in [4.69, 9.17) is 0 Å². The molecule has 0 unspecified atom stereocenters. The standard InChI is InChI=1S/C18H24N4O3S/c1-26(24,25)21-17-9-7-16(8-10-17)20-18(23)15-5-3-14(4-6-15)13-22-12-2-11-19-22/h2-6,11-12,16-17,21H,7-10,13H2,1H3,(H,20,23). The SMILES string of the molecule is CS(=O)(=O)NC1CCC(NC(=O)c2ccc(Cn3cccn3)cc2)CC1. The van der Waals surface area contributed by atoms with Crippen LogP contribution in [0.4, 0.5) is 0 Å². The van der Waals surface area contributed by atoms with Crippen molar-refractivity contribution >= 4 is 15.9 Å². The minimum Gasteiger partial charge on any atom is -0.349 e. The molecule has 1 aliphatic carbocycles. The Morgan fingerprint density at radius 2 is 1.81 bits per heavy atom. The number of rotatable bonds is 6. The number of nitrogens with zero attached hydrogens (tertiary/aromatic N) is 2. The molecule has 140 valence electrons. The van der Waals surface area contributed by atoms with Crippen LogP contribution in [-0.4, -0.2) is 42.4 Å². The second-order valence-electron chi connectivity index (χ2n) is 6.81. The van der Waals surface area contributed by atoms with Gasteiger partial charge >= 0.3 is 0 Å². The van der Waals surface area contributed by atoms with E-state index < -0.39 is 10.0 Å². The maximum atomic E-state index is 12.4. The molecule has 0 aliphatic heterocycles. The summed E-state index contributed by atoms with van der Waals surface area (Å²) in [6, 6.07) is 9.45. The van der Waals surface area contributed by atoms with E-state index in [9.17, 15) is 13.2 Å². The highest BCUT2D eigenvalue weighted by Crippen LogP contribution is 2.19. The molecule has 0 spiro atoms. The molecule has 1 heterocycles. The number of amides is 1. The van der Waals surface area contributed by atoms with Crippen LogP contribution in [0, 0.1) is 0 Å². The van der Waals surface area contributed by atoms with Crippen LogP contribution < -0.4 is 10.0 Å². The summed E-state index contributed by atoms with van der Waals surface area (Å²) in [4.78, 5) is 12.4. The molecule has 3 rings (SSSR count). The lowest BCUT2D eigenvalue weighted by Crippen LogP contribution is -2.43. The van der Waals surface area contributed by atoms with Gasteiger partial charge in [0.05, 0.1) is 12.8 Å². The fourth-order valence-electron chi connectivity index (χ4n) is 3.27. The Balaban J connectivity index is 1.49. The van der Waals surface area contributed by atoms with Gasteiger partial charge in [0.2, 0.25) is 10.0 Å². The van der Waals surface area contributed by atoms with E-state index in [0.717, 1.165) is 31.2 Å². The number of aromatic nitrogens is 2. The lowest BCUT2D eigenvalue weighted by atomic mass is 9.91. The molecule has 7 nitrogen and oxygen atoms in total. The largest absolute Gasteiger partial charge is 0.349 e. The monoisotopic (exact) mass is 376 g/mol. The van der Waals surface area contributed by atoms with Gasteiger partial charge in [0.1, 0.15) is 0 Å². The molecule has 1 aromatic heterocycles. The Morgan fingerprint density at radius 3 is 2.38 bits per heavy atom. The van der Waals surface area contributed by atoms with Crippen molar-refractivity contribution in [2.75, 3.05) is 6.26 Å². The van der Waals surface area contributed by atoms with Gasteiger partial charge in [-0.05, 0) is 49.4 Å². The molecule has 2 N–H and O–H groups in total. The smallest absolute Gasteiger partial charge is 0.251 e. The zero-order valence-corrected chi connectivity index (χ0v) is 15.6. The summed E-state index contributed by atoms with van der Waals surface area (Å²) >= 11 is 0. The average molecular weight is 376 g/mol. The first kappa shape index (κ1) is 18.6. The summed E-state index contributed by atoms with van der Waals surface area (Å²) in [5.41, 5.74) is 1.71. The highest BCUT2D eigenvalue weighted by atomic mass is 32.2. The first-order chi connectivity index (χ1) is 12.4. The number of carbonyl (C=O) groups excluding carboxylic acids is 1. The third-order valence-electron chi connectivity index (χ3n) is 4.56. The molecule has 0 bridgehead atoms. The molecule has 2 aromatic rings. The molecule has 8 heteroatoms. The summed E-state index contributed by atoms with van der Waals surface area (Å²) in [5.74, 6) is -0.0878. The van der Waals surface area contributed by atoms with Gasteiger partial charge in [-0.2, -0.15) is 5.10 Å². The predicted octanol–water partition coefficient (Wildman–Crippen LogP) is 1.52. The van der Waals surface area contributed by atoms with Crippen molar-refractivity contribution in [1.29, 1.82) is 0 Å². The number of carbonyl (C=O) groups is 1. The number of sulfonamides is 1. The minimum atomic E-state index is -3.17. The van der Waals surface area contributed by atoms with Gasteiger partial charge in [0.15, 0.2) is 0 Å². The van der Waals surface area contributed by atoms with E-state index in [-0.39, 0.29) is 18.0 Å². The van der Waals surface area contributed by atoms with Crippen LogP contribution in [0.2, 0.25) is 0 Å². The molecule has 0 saturated heterocycles. The van der Waals surface area contributed by atoms with Crippen LogP contribution in [0.15, 0.2) is 42.7 Å². The highest BCUT2D eigenvalue weighted by molar-refractivity contribution is 7.88. The van der Waals surface area contributed by atoms with E-state index in [1.807, 2.05) is 41.2 Å². The third-order valence-corrected chi connectivity index (χ3v) is 5.32. The molecule has 1 aliphatic rings. The van der Waals surface area contributed by atoms with Crippen LogP contribution in [0.25, 0.3) is 0 Å². The Morgan fingerprint density at radius 1 is 1.15 bits per heavy atom. The third kappa shape index (κ3) is 5.40. The van der Waals surface area contributed by atoms with Crippen LogP contribution in [0.1, 0.15) is 41.6 Å². The normalized spacial score (nSPS) is 20.7. The first-order valence-corrected chi connectivity index (χ1v) is 10.6. The van der Waals surface area contributed by atoms with Gasteiger partial charge in [-0.1, -0.05) is 12.1 Å². The van der Waals surface area contributed by atoms with Crippen molar-refractivity contribution in [1.82, 2.24) is 19.8 Å². The van der Waals surface area contributed by atoms with E-state index >= 15 is 0 Å². The van der Waals surface area contributed by atoms with E-state index in [1.165, 1.54) is 6.26 Å². The second kappa shape index (κ2) is 8.01. The predicted molar refractivity (Wildman–Crippen MR) is 99.3 cm³/mol. The fourth-order valence-corrected chi connectivity index (χ4v) is 4.11. The van der Waals surface area contributed by atoms with E-state index in [2.05, 4.69) is 15.1 Å². The van der Waals surface area contributed by atoms with Crippen molar-refractivity contribution in [2.45, 2.75) is 44.3 Å². The highest BCUT2D eigenvalue weighted by Gasteiger charge is 2.24. The molecule has 1 aromatic carbocycles. The van der Waals surface area contributed by atoms with Crippen LogP contribution >= 0.6 is 0 Å². The molecule has 1 amide bonds. The van der Waals surface area contributed by atoms with Gasteiger partial charge in [0.25, 0.3) is 5.91 Å². The maximum Gasteiger partial charge on any atom is 0.251 e. The van der Waals surface area contributed by atoms with E-state index in [1.54, 1.807) is 6.20 Å². The van der Waals surface area contributed by atoms with Gasteiger partial charge in [-0.15, -0.1) is 0 Å². The number of nitrogens with one attached hydrogen (secondary N) is 2. The Kier molecular flexibility index (Phi) is 5.73. The zero-order chi connectivity index (χ0) is 18.6. The molecular formula is C18H24N4O3S. The number of hydrogen-bond acceptors (Lipinski definition) is 4. The molecule has 1 fully saturated rings. The molecule has 0 atom stereocenters. The van der Waals surface area contributed by atoms with Gasteiger partial charge in [-0.3, -0.25) is 9.48 Å². The summed E-state index contributed by atoms with van der Waals surface area (Å²) in [7, 11) is -3.17. The summed E-state index contributed by atoms with van der Waals surface area (Å²) in [6.45, 7) is 0.673. The van der Waals surface area contributed by atoms with Gasteiger partial charge < -0.3 is 5.32 Å². The van der Waals surface area contributed by atoms with Gasteiger partial charge in [-0.25, -0.2) is 13.1 Å². The van der Waals surface area contributed by atoms with Crippen molar-refractivity contribution in [3.05, 3.63) is 53.9 Å². The zero-order valence-electron chi connectivity index (χ0n) is 14.8. The Labute approximate surface area is 153 Å². The molecule has 0 radical (unpaired) electrons. The first-order valence-electron chi connectivity index (χ1n) is 8.73. The topological polar surface area (TPSA) is 93.1 Å². The maximum absolute atomic E-state index is 12.4. The molecular weight excluding hydrogens is 352 g/mol. The van der Waals surface area contributed by atoms with Crippen LogP contribution in [0.5, 0.6) is 0 Å². The van der Waals surface area contributed by atoms with Crippen molar-refractivity contribution in [3.8, 4) is 0 Å². The molecule has 26 heavy (non-hydrogen) atoms. The molecule has 1 saturated carbocycles. The Bertz CT molecular complexity index is 824. The van der Waals surface area contributed by atoms with Crippen LogP contribution in [-0.2, 0) is 16.6 Å². The number of hydrogen-bond donors (Lipinski definition) is 2. The lowest BCUT2D eigenvalue weighted by molar-refractivity contribution is 0.0925. The number of benzene rings is 1. The average Bonchev–Trinajstić information content (AvgIpc) is 3.09. The van der Waals surface area contributed by atoms with Crippen molar-refractivity contribution in [2.24, 2.45) is 0 Å². The minimum absolute atomic E-state index is 0.0280. The fraction of sp³-hybridized carbons (Fsp3) is 0.444. The summed E-state index contributed by atoms with van der Waals surface area (Å²) in [6.07, 6.45) is 7.84. The van der Waals surface area contributed by atoms with Crippen molar-refractivity contribution < 1.29 is 13.2 Å². The van der Waals surface area contributed by atoms with Crippen molar-refractivity contribution in [3.63, 3.8) is 0 Å². The van der Waals surface area contributed by atoms with Gasteiger partial charge in [0, 0.05) is 30.0 Å². The van der Waals surface area contributed by atoms with E-state index in [0.29, 0.717) is 12.1 Å². The Hall–Kier alpha value is -2.19. The quantitative estimate of drug-likeness (QED) is 0.799.